The summed E-state index contributed by atoms with van der Waals surface area (Å²) in [6.45, 7) is 6.10. The number of aromatic nitrogens is 3. The van der Waals surface area contributed by atoms with Crippen molar-refractivity contribution >= 4 is 28.9 Å². The van der Waals surface area contributed by atoms with Gasteiger partial charge in [-0.2, -0.15) is 0 Å². The first kappa shape index (κ1) is 23.9. The first-order valence-electron chi connectivity index (χ1n) is 12.2. The second-order valence-electron chi connectivity index (χ2n) is 10.6. The summed E-state index contributed by atoms with van der Waals surface area (Å²) in [4.78, 5) is 26.9. The van der Waals surface area contributed by atoms with Gasteiger partial charge in [0.1, 0.15) is 10.6 Å². The average molecular weight is 493 g/mol. The summed E-state index contributed by atoms with van der Waals surface area (Å²) in [5, 5.41) is 15.6. The lowest BCUT2D eigenvalue weighted by Gasteiger charge is -2.44. The van der Waals surface area contributed by atoms with E-state index in [0.29, 0.717) is 36.1 Å². The number of ether oxygens (including phenoxy) is 1. The molecule has 2 aliphatic carbocycles. The Hall–Kier alpha value is -2.84. The molecule has 2 atom stereocenters. The number of benzene rings is 1. The third kappa shape index (κ3) is 4.95. The molecular weight excluding hydrogens is 460 g/mol. The fourth-order valence-corrected chi connectivity index (χ4v) is 6.31. The van der Waals surface area contributed by atoms with Crippen LogP contribution in [0.15, 0.2) is 36.7 Å². The summed E-state index contributed by atoms with van der Waals surface area (Å²) in [5.41, 5.74) is 2.71. The van der Waals surface area contributed by atoms with E-state index in [2.05, 4.69) is 45.4 Å². The number of nitrogens with zero attached hydrogens (tertiary/aromatic N) is 3. The van der Waals surface area contributed by atoms with Crippen molar-refractivity contribution in [2.45, 2.75) is 64.4 Å². The molecule has 2 fully saturated rings. The van der Waals surface area contributed by atoms with Crippen LogP contribution in [0, 0.1) is 18.3 Å². The van der Waals surface area contributed by atoms with E-state index in [1.807, 2.05) is 32.3 Å². The Morgan fingerprint density at radius 1 is 1.20 bits per heavy atom. The molecule has 3 aromatic rings. The zero-order chi connectivity index (χ0) is 24.8. The van der Waals surface area contributed by atoms with Crippen LogP contribution in [0.4, 0.5) is 11.6 Å². The largest absolute Gasteiger partial charge is 0.469 e. The fraction of sp³-hybridized carbons (Fsp3) is 0.481. The van der Waals surface area contributed by atoms with Crippen LogP contribution in [0.25, 0.3) is 10.4 Å². The number of hydrogen-bond donors (Lipinski definition) is 2. The van der Waals surface area contributed by atoms with Crippen molar-refractivity contribution in [1.29, 1.82) is 0 Å². The van der Waals surface area contributed by atoms with Gasteiger partial charge in [-0.3, -0.25) is 4.79 Å². The molecule has 2 heterocycles. The van der Waals surface area contributed by atoms with Gasteiger partial charge in [-0.25, -0.2) is 15.0 Å². The molecule has 2 aliphatic rings. The van der Waals surface area contributed by atoms with Crippen molar-refractivity contribution < 1.29 is 14.6 Å². The van der Waals surface area contributed by atoms with Gasteiger partial charge in [-0.1, -0.05) is 19.9 Å². The molecule has 35 heavy (non-hydrogen) atoms. The van der Waals surface area contributed by atoms with Gasteiger partial charge in [0.15, 0.2) is 0 Å². The monoisotopic (exact) mass is 492 g/mol. The van der Waals surface area contributed by atoms with Crippen LogP contribution in [0.5, 0.6) is 0 Å². The Labute approximate surface area is 210 Å². The number of nitrogens with one attached hydrogen (secondary N) is 1. The van der Waals surface area contributed by atoms with Crippen molar-refractivity contribution in [3.63, 3.8) is 0 Å². The summed E-state index contributed by atoms with van der Waals surface area (Å²) in [6, 6.07) is 8.25. The van der Waals surface area contributed by atoms with E-state index in [1.54, 1.807) is 0 Å². The van der Waals surface area contributed by atoms with E-state index in [-0.39, 0.29) is 17.3 Å². The Morgan fingerprint density at radius 2 is 2.00 bits per heavy atom. The molecule has 2 N–H and O–H groups in total. The molecule has 0 unspecified atom stereocenters. The number of aryl methyl sites for hydroxylation is 1. The highest BCUT2D eigenvalue weighted by atomic mass is 32.1. The molecule has 0 spiro atoms. The molecular formula is C27H32N4O3S. The zero-order valence-corrected chi connectivity index (χ0v) is 21.5. The molecule has 5 rings (SSSR count). The van der Waals surface area contributed by atoms with Crippen molar-refractivity contribution in [3.8, 4) is 10.4 Å². The van der Waals surface area contributed by atoms with E-state index in [9.17, 15) is 9.90 Å². The van der Waals surface area contributed by atoms with Crippen LogP contribution in [-0.2, 0) is 15.1 Å². The lowest BCUT2D eigenvalue weighted by Crippen LogP contribution is -2.45. The Morgan fingerprint density at radius 3 is 2.71 bits per heavy atom. The van der Waals surface area contributed by atoms with Gasteiger partial charge < -0.3 is 15.2 Å². The highest BCUT2D eigenvalue weighted by Gasteiger charge is 2.49. The van der Waals surface area contributed by atoms with Gasteiger partial charge in [0.25, 0.3) is 0 Å². The Bertz CT molecular complexity index is 1250. The standard InChI is InChI=1S/C27H32N4O3S/c1-16-11-18(13-19(12-16)30-25-28-10-8-21(31-25)17-5-6-17)22-14-29-24(35-22)27(33)9-7-20(23(32)34-4)26(2,3)15-27/h8,10-14,17,20,33H,5-7,9,15H2,1-4H3,(H,28,30,31)/t20-,27-/m1/s1. The van der Waals surface area contributed by atoms with E-state index in [1.165, 1.54) is 31.3 Å². The van der Waals surface area contributed by atoms with Crippen LogP contribution < -0.4 is 5.32 Å². The van der Waals surface area contributed by atoms with E-state index < -0.39 is 5.60 Å². The third-order valence-electron chi connectivity index (χ3n) is 7.22. The van der Waals surface area contributed by atoms with Crippen molar-refractivity contribution in [2.75, 3.05) is 12.4 Å². The van der Waals surface area contributed by atoms with Gasteiger partial charge in [-0.05, 0) is 73.8 Å². The van der Waals surface area contributed by atoms with Gasteiger partial charge in [0, 0.05) is 29.7 Å². The lowest BCUT2D eigenvalue weighted by molar-refractivity contribution is -0.157. The maximum Gasteiger partial charge on any atom is 0.309 e. The van der Waals surface area contributed by atoms with Crippen molar-refractivity contribution in [2.24, 2.45) is 11.3 Å². The van der Waals surface area contributed by atoms with Crippen LogP contribution >= 0.6 is 11.3 Å². The summed E-state index contributed by atoms with van der Waals surface area (Å²) in [5.74, 6) is 0.747. The fourth-order valence-electron chi connectivity index (χ4n) is 5.29. The zero-order valence-electron chi connectivity index (χ0n) is 20.7. The molecule has 7 nitrogen and oxygen atoms in total. The maximum absolute atomic E-state index is 12.2. The molecule has 0 saturated heterocycles. The predicted octanol–water partition coefficient (Wildman–Crippen LogP) is 5.72. The number of esters is 1. The number of carbonyl (C=O) groups excluding carboxylic acids is 1. The summed E-state index contributed by atoms with van der Waals surface area (Å²) >= 11 is 1.51. The van der Waals surface area contributed by atoms with Crippen LogP contribution in [0.3, 0.4) is 0 Å². The second-order valence-corrected chi connectivity index (χ2v) is 11.7. The second kappa shape index (κ2) is 8.99. The minimum Gasteiger partial charge on any atom is -0.469 e. The highest BCUT2D eigenvalue weighted by molar-refractivity contribution is 7.15. The first-order chi connectivity index (χ1) is 16.7. The smallest absolute Gasteiger partial charge is 0.309 e. The highest BCUT2D eigenvalue weighted by Crippen LogP contribution is 2.51. The van der Waals surface area contributed by atoms with Gasteiger partial charge in [0.2, 0.25) is 5.95 Å². The lowest BCUT2D eigenvalue weighted by atomic mass is 9.63. The molecule has 0 radical (unpaired) electrons. The number of anilines is 2. The molecule has 0 amide bonds. The van der Waals surface area contributed by atoms with Crippen LogP contribution in [0.1, 0.15) is 68.1 Å². The summed E-state index contributed by atoms with van der Waals surface area (Å²) < 4.78 is 5.00. The quantitative estimate of drug-likeness (QED) is 0.425. The van der Waals surface area contributed by atoms with E-state index in [4.69, 9.17) is 4.74 Å². The number of aliphatic hydroxyl groups is 1. The number of hydrogen-bond acceptors (Lipinski definition) is 8. The molecule has 8 heteroatoms. The van der Waals surface area contributed by atoms with Crippen LogP contribution in [-0.4, -0.2) is 33.1 Å². The predicted molar refractivity (Wildman–Crippen MR) is 137 cm³/mol. The SMILES string of the molecule is COC(=O)[C@H]1CC[C@](O)(c2ncc(-c3cc(C)cc(Nc4nccc(C5CC5)n4)c3)s2)CC1(C)C. The Balaban J connectivity index is 1.37. The molecule has 0 aliphatic heterocycles. The number of thiazole rings is 1. The number of rotatable bonds is 6. The molecule has 0 bridgehead atoms. The van der Waals surface area contributed by atoms with E-state index in [0.717, 1.165) is 27.4 Å². The normalized spacial score (nSPS) is 23.6. The Kier molecular flexibility index (Phi) is 6.13. The molecule has 184 valence electrons. The third-order valence-corrected chi connectivity index (χ3v) is 8.46. The van der Waals surface area contributed by atoms with Gasteiger partial charge in [-0.15, -0.1) is 11.3 Å². The first-order valence-corrected chi connectivity index (χ1v) is 13.0. The topological polar surface area (TPSA) is 97.2 Å². The minimum atomic E-state index is -1.06. The van der Waals surface area contributed by atoms with Gasteiger partial charge >= 0.3 is 5.97 Å². The van der Waals surface area contributed by atoms with Crippen molar-refractivity contribution in [3.05, 3.63) is 52.9 Å². The molecule has 2 aromatic heterocycles. The van der Waals surface area contributed by atoms with E-state index >= 15 is 0 Å². The molecule has 2 saturated carbocycles. The van der Waals surface area contributed by atoms with Crippen LogP contribution in [0.2, 0.25) is 0 Å². The summed E-state index contributed by atoms with van der Waals surface area (Å²) in [6.07, 6.45) is 7.56. The summed E-state index contributed by atoms with van der Waals surface area (Å²) in [7, 11) is 1.42. The minimum absolute atomic E-state index is 0.205. The number of carbonyl (C=O) groups is 1. The average Bonchev–Trinajstić information content (AvgIpc) is 3.53. The number of methoxy groups -OCH3 is 1. The maximum atomic E-state index is 12.2. The molecule has 1 aromatic carbocycles. The van der Waals surface area contributed by atoms with Crippen molar-refractivity contribution in [1.82, 2.24) is 15.0 Å². The van der Waals surface area contributed by atoms with Gasteiger partial charge in [0.05, 0.1) is 17.9 Å².